The second kappa shape index (κ2) is 6.34. The lowest BCUT2D eigenvalue weighted by Gasteiger charge is -2.04. The average molecular weight is 406 g/mol. The van der Waals surface area contributed by atoms with E-state index in [1.54, 1.807) is 24.3 Å². The molecule has 0 bridgehead atoms. The molecule has 1 N–H and O–H groups in total. The molecular formula is C25H18N4O2. The van der Waals surface area contributed by atoms with Crippen molar-refractivity contribution >= 4 is 55.0 Å². The zero-order valence-electron chi connectivity index (χ0n) is 16.7. The summed E-state index contributed by atoms with van der Waals surface area (Å²) in [6.07, 6.45) is 0. The van der Waals surface area contributed by atoms with Crippen LogP contribution in [0.5, 0.6) is 0 Å². The van der Waals surface area contributed by atoms with Crippen molar-refractivity contribution in [2.24, 2.45) is 7.05 Å². The fourth-order valence-corrected chi connectivity index (χ4v) is 4.44. The SMILES string of the molecule is Cn1c2ccccc2c2cc(/[N+]([O-])=[N+](/[O-])c3ccc4[nH]c5ccccc5c4c3)ccc21. The molecule has 0 atom stereocenters. The molecule has 2 aromatic heterocycles. The van der Waals surface area contributed by atoms with Gasteiger partial charge in [-0.05, 0) is 24.3 Å². The Hall–Kier alpha value is -4.32. The minimum Gasteiger partial charge on any atom is -0.561 e. The van der Waals surface area contributed by atoms with E-state index >= 15 is 0 Å². The molecule has 150 valence electrons. The third-order valence-electron chi connectivity index (χ3n) is 5.99. The number of aromatic nitrogens is 2. The summed E-state index contributed by atoms with van der Waals surface area (Å²) in [5, 5.41) is 29.9. The zero-order valence-corrected chi connectivity index (χ0v) is 16.7. The molecule has 0 saturated carbocycles. The maximum Gasteiger partial charge on any atom is 0.288 e. The van der Waals surface area contributed by atoms with Crippen molar-refractivity contribution in [3.8, 4) is 0 Å². The molecule has 0 radical (unpaired) electrons. The molecule has 31 heavy (non-hydrogen) atoms. The number of fused-ring (bicyclic) bond motifs is 6. The van der Waals surface area contributed by atoms with E-state index in [1.165, 1.54) is 0 Å². The van der Waals surface area contributed by atoms with Gasteiger partial charge in [0, 0.05) is 74.9 Å². The van der Waals surface area contributed by atoms with Crippen LogP contribution < -0.4 is 0 Å². The highest BCUT2D eigenvalue weighted by Gasteiger charge is 2.19. The summed E-state index contributed by atoms with van der Waals surface area (Å²) < 4.78 is 2.09. The number of aryl methyl sites for hydroxylation is 1. The Morgan fingerprint density at radius 1 is 0.613 bits per heavy atom. The number of nitrogens with zero attached hydrogens (tertiary/aromatic N) is 3. The van der Waals surface area contributed by atoms with Crippen LogP contribution in [0.1, 0.15) is 0 Å². The first-order valence-electron chi connectivity index (χ1n) is 10.0. The molecule has 0 aliphatic carbocycles. The Morgan fingerprint density at radius 2 is 1.19 bits per heavy atom. The molecule has 0 saturated heterocycles. The molecule has 0 spiro atoms. The molecule has 6 nitrogen and oxygen atoms in total. The maximum atomic E-state index is 13.0. The summed E-state index contributed by atoms with van der Waals surface area (Å²) in [7, 11) is 2.00. The monoisotopic (exact) mass is 406 g/mol. The van der Waals surface area contributed by atoms with Crippen LogP contribution in [0.15, 0.2) is 84.9 Å². The van der Waals surface area contributed by atoms with Gasteiger partial charge in [-0.2, -0.15) is 0 Å². The van der Waals surface area contributed by atoms with Crippen molar-refractivity contribution in [2.75, 3.05) is 0 Å². The van der Waals surface area contributed by atoms with Gasteiger partial charge in [0.2, 0.25) is 0 Å². The van der Waals surface area contributed by atoms with Gasteiger partial charge in [-0.15, -0.1) is 0 Å². The van der Waals surface area contributed by atoms with Crippen molar-refractivity contribution in [3.05, 3.63) is 95.3 Å². The van der Waals surface area contributed by atoms with E-state index < -0.39 is 0 Å². The fraction of sp³-hybridized carbons (Fsp3) is 0.0400. The number of rotatable bonds is 2. The average Bonchev–Trinajstić information content (AvgIpc) is 3.33. The number of benzene rings is 4. The third kappa shape index (κ3) is 2.51. The molecule has 6 rings (SSSR count). The van der Waals surface area contributed by atoms with E-state index in [9.17, 15) is 10.4 Å². The maximum absolute atomic E-state index is 13.0. The highest BCUT2D eigenvalue weighted by Crippen LogP contribution is 2.32. The first-order chi connectivity index (χ1) is 15.1. The number of hydrogen-bond acceptors (Lipinski definition) is 2. The normalized spacial score (nSPS) is 12.8. The highest BCUT2D eigenvalue weighted by molar-refractivity contribution is 6.09. The van der Waals surface area contributed by atoms with Crippen molar-refractivity contribution < 1.29 is 9.72 Å². The van der Waals surface area contributed by atoms with Crippen molar-refractivity contribution in [2.45, 2.75) is 0 Å². The van der Waals surface area contributed by atoms with Crippen LogP contribution in [0.4, 0.5) is 11.4 Å². The number of para-hydroxylation sites is 2. The quantitative estimate of drug-likeness (QED) is 0.205. The van der Waals surface area contributed by atoms with Crippen LogP contribution >= 0.6 is 0 Å². The third-order valence-corrected chi connectivity index (χ3v) is 5.99. The smallest absolute Gasteiger partial charge is 0.288 e. The van der Waals surface area contributed by atoms with Crippen LogP contribution in [0.3, 0.4) is 0 Å². The van der Waals surface area contributed by atoms with Crippen LogP contribution in [-0.4, -0.2) is 19.3 Å². The molecule has 6 aromatic rings. The Kier molecular flexibility index (Phi) is 3.58. The summed E-state index contributed by atoms with van der Waals surface area (Å²) in [5.74, 6) is 0. The first-order valence-corrected chi connectivity index (χ1v) is 10.0. The van der Waals surface area contributed by atoms with Gasteiger partial charge in [0.05, 0.1) is 9.72 Å². The molecular weight excluding hydrogens is 388 g/mol. The Bertz CT molecular complexity index is 1670. The van der Waals surface area contributed by atoms with E-state index in [4.69, 9.17) is 0 Å². The number of nitrogens with one attached hydrogen (secondary N) is 1. The molecule has 4 aromatic carbocycles. The van der Waals surface area contributed by atoms with Gasteiger partial charge in [0.25, 0.3) is 11.4 Å². The molecule has 0 amide bonds. The predicted molar refractivity (Wildman–Crippen MR) is 123 cm³/mol. The summed E-state index contributed by atoms with van der Waals surface area (Å²) in [6, 6.07) is 26.5. The number of azo groups is 1. The minimum atomic E-state index is 0.283. The Morgan fingerprint density at radius 3 is 2.00 bits per heavy atom. The number of hydrogen-bond donors (Lipinski definition) is 1. The van der Waals surface area contributed by atoms with Gasteiger partial charge in [-0.3, -0.25) is 0 Å². The van der Waals surface area contributed by atoms with Crippen molar-refractivity contribution in [1.29, 1.82) is 0 Å². The van der Waals surface area contributed by atoms with Crippen molar-refractivity contribution in [1.82, 2.24) is 9.55 Å². The molecule has 0 unspecified atom stereocenters. The molecule has 0 aliphatic heterocycles. The van der Waals surface area contributed by atoms with E-state index in [1.807, 2.05) is 67.7 Å². The molecule has 2 heterocycles. The fourth-order valence-electron chi connectivity index (χ4n) is 4.44. The standard InChI is InChI=1S/C25H18N4O2/c1-27-24-9-5-3-7-19(24)21-15-17(11-13-25(21)27)29(31)28(30)16-10-12-23-20(14-16)18-6-2-4-8-22(18)26-23/h2-15,26H,1H3/b29-28-. The summed E-state index contributed by atoms with van der Waals surface area (Å²) in [4.78, 5) is 4.13. The molecule has 6 heteroatoms. The summed E-state index contributed by atoms with van der Waals surface area (Å²) in [5.41, 5.74) is 4.58. The van der Waals surface area contributed by atoms with E-state index in [0.29, 0.717) is 9.72 Å². The number of aromatic amines is 1. The zero-order chi connectivity index (χ0) is 21.1. The van der Waals surface area contributed by atoms with Gasteiger partial charge in [-0.1, -0.05) is 36.4 Å². The van der Waals surface area contributed by atoms with Crippen LogP contribution in [0.2, 0.25) is 0 Å². The number of H-pyrrole nitrogens is 1. The lowest BCUT2D eigenvalue weighted by Crippen LogP contribution is -2.08. The minimum absolute atomic E-state index is 0.283. The van der Waals surface area contributed by atoms with Gasteiger partial charge in [0.1, 0.15) is 0 Å². The highest BCUT2D eigenvalue weighted by atomic mass is 16.6. The summed E-state index contributed by atoms with van der Waals surface area (Å²) in [6.45, 7) is 0. The van der Waals surface area contributed by atoms with E-state index in [-0.39, 0.29) is 11.4 Å². The topological polar surface area (TPSA) is 72.9 Å². The first kappa shape index (κ1) is 17.5. The lowest BCUT2D eigenvalue weighted by molar-refractivity contribution is -0.896. The lowest BCUT2D eigenvalue weighted by atomic mass is 10.1. The molecule has 0 aliphatic rings. The van der Waals surface area contributed by atoms with Gasteiger partial charge >= 0.3 is 0 Å². The van der Waals surface area contributed by atoms with E-state index in [2.05, 4.69) is 9.55 Å². The van der Waals surface area contributed by atoms with Gasteiger partial charge in [0.15, 0.2) is 0 Å². The second-order valence-electron chi connectivity index (χ2n) is 7.72. The van der Waals surface area contributed by atoms with E-state index in [0.717, 1.165) is 43.6 Å². The second-order valence-corrected chi connectivity index (χ2v) is 7.72. The van der Waals surface area contributed by atoms with Crippen molar-refractivity contribution in [3.63, 3.8) is 0 Å². The van der Waals surface area contributed by atoms with Crippen LogP contribution in [-0.2, 0) is 7.05 Å². The Balaban J connectivity index is 1.52. The largest absolute Gasteiger partial charge is 0.561 e. The Labute approximate surface area is 177 Å². The van der Waals surface area contributed by atoms with Gasteiger partial charge < -0.3 is 20.0 Å². The van der Waals surface area contributed by atoms with Crippen LogP contribution in [0, 0.1) is 10.4 Å². The predicted octanol–water partition coefficient (Wildman–Crippen LogP) is 6.40. The summed E-state index contributed by atoms with van der Waals surface area (Å²) >= 11 is 0. The van der Waals surface area contributed by atoms with Crippen LogP contribution in [0.25, 0.3) is 43.6 Å². The van der Waals surface area contributed by atoms with Gasteiger partial charge in [-0.25, -0.2) is 0 Å². The molecule has 0 fully saturated rings.